The Morgan fingerprint density at radius 2 is 1.59 bits per heavy atom. The lowest BCUT2D eigenvalue weighted by Gasteiger charge is -2.33. The molecule has 2 aromatic rings. The number of carbonyl (C=O) groups excluding carboxylic acids is 2. The second-order valence-electron chi connectivity index (χ2n) is 10.4. The first-order valence-electron chi connectivity index (χ1n) is 12.6. The molecule has 2 amide bonds. The van der Waals surface area contributed by atoms with Gasteiger partial charge in [0.25, 0.3) is 0 Å². The first kappa shape index (κ1) is 30.6. The fourth-order valence-corrected chi connectivity index (χ4v) is 4.96. The van der Waals surface area contributed by atoms with Crippen molar-refractivity contribution in [1.82, 2.24) is 10.2 Å². The molecular weight excluding hydrogens is 510 g/mol. The molecule has 0 saturated heterocycles. The summed E-state index contributed by atoms with van der Waals surface area (Å²) in [6.07, 6.45) is 2.17. The standard InChI is InChI=1S/C28H40ClN3O4S/c1-8-20(3)30-27(34)25(9-2)31(18-21-12-10-11-13-24(21)29)26(33)19-32(37(7,35)36)23-16-14-22(15-17-23)28(4,5)6/h10-17,20,25H,8-9,18-19H2,1-7H3,(H,30,34)/t20-,25+/m0/s1. The molecule has 2 aromatic carbocycles. The van der Waals surface area contributed by atoms with Crippen molar-refractivity contribution >= 4 is 39.1 Å². The molecule has 37 heavy (non-hydrogen) atoms. The number of halogens is 1. The van der Waals surface area contributed by atoms with Gasteiger partial charge in [-0.3, -0.25) is 13.9 Å². The van der Waals surface area contributed by atoms with Crippen LogP contribution in [0.2, 0.25) is 5.02 Å². The molecule has 0 bridgehead atoms. The van der Waals surface area contributed by atoms with E-state index in [9.17, 15) is 18.0 Å². The van der Waals surface area contributed by atoms with E-state index in [0.29, 0.717) is 22.7 Å². The van der Waals surface area contributed by atoms with E-state index in [1.165, 1.54) is 4.90 Å². The van der Waals surface area contributed by atoms with Gasteiger partial charge in [-0.05, 0) is 54.5 Å². The zero-order valence-corrected chi connectivity index (χ0v) is 24.5. The molecule has 7 nitrogen and oxygen atoms in total. The number of amides is 2. The van der Waals surface area contributed by atoms with Crippen LogP contribution in [0.15, 0.2) is 48.5 Å². The highest BCUT2D eigenvalue weighted by molar-refractivity contribution is 7.92. The Balaban J connectivity index is 2.46. The molecule has 0 fully saturated rings. The normalized spacial score (nSPS) is 13.5. The van der Waals surface area contributed by atoms with Gasteiger partial charge in [-0.15, -0.1) is 0 Å². The van der Waals surface area contributed by atoms with Crippen LogP contribution in [0.25, 0.3) is 0 Å². The number of rotatable bonds is 11. The second kappa shape index (κ2) is 12.8. The summed E-state index contributed by atoms with van der Waals surface area (Å²) in [7, 11) is -3.79. The third-order valence-electron chi connectivity index (χ3n) is 6.39. The van der Waals surface area contributed by atoms with Gasteiger partial charge < -0.3 is 10.2 Å². The Morgan fingerprint density at radius 3 is 2.08 bits per heavy atom. The molecule has 0 aliphatic rings. The maximum absolute atomic E-state index is 13.8. The molecular formula is C28H40ClN3O4S. The monoisotopic (exact) mass is 549 g/mol. The highest BCUT2D eigenvalue weighted by Gasteiger charge is 2.32. The van der Waals surface area contributed by atoms with Crippen LogP contribution in [0.1, 0.15) is 65.5 Å². The van der Waals surface area contributed by atoms with Crippen molar-refractivity contribution in [3.8, 4) is 0 Å². The molecule has 204 valence electrons. The van der Waals surface area contributed by atoms with Crippen molar-refractivity contribution in [2.75, 3.05) is 17.1 Å². The van der Waals surface area contributed by atoms with Gasteiger partial charge in [0, 0.05) is 17.6 Å². The van der Waals surface area contributed by atoms with E-state index < -0.39 is 28.5 Å². The van der Waals surface area contributed by atoms with E-state index in [0.717, 1.165) is 22.5 Å². The predicted molar refractivity (Wildman–Crippen MR) is 151 cm³/mol. The maximum Gasteiger partial charge on any atom is 0.244 e. The van der Waals surface area contributed by atoms with Gasteiger partial charge in [-0.1, -0.05) is 76.6 Å². The maximum atomic E-state index is 13.8. The number of anilines is 1. The summed E-state index contributed by atoms with van der Waals surface area (Å²) in [5.41, 5.74) is 2.00. The van der Waals surface area contributed by atoms with Crippen LogP contribution in [-0.4, -0.2) is 50.0 Å². The fourth-order valence-electron chi connectivity index (χ4n) is 3.91. The highest BCUT2D eigenvalue weighted by Crippen LogP contribution is 2.27. The Hall–Kier alpha value is -2.58. The fraction of sp³-hybridized carbons (Fsp3) is 0.500. The third kappa shape index (κ3) is 8.47. The third-order valence-corrected chi connectivity index (χ3v) is 7.90. The van der Waals surface area contributed by atoms with Crippen LogP contribution in [0, 0.1) is 0 Å². The average Bonchev–Trinajstić information content (AvgIpc) is 2.82. The van der Waals surface area contributed by atoms with Gasteiger partial charge in [-0.2, -0.15) is 0 Å². The number of benzene rings is 2. The molecule has 0 aliphatic carbocycles. The molecule has 2 rings (SSSR count). The van der Waals surface area contributed by atoms with Gasteiger partial charge in [0.2, 0.25) is 21.8 Å². The summed E-state index contributed by atoms with van der Waals surface area (Å²) in [6, 6.07) is 13.4. The van der Waals surface area contributed by atoms with E-state index in [1.807, 2.05) is 39.0 Å². The van der Waals surface area contributed by atoms with Crippen LogP contribution in [0.5, 0.6) is 0 Å². The summed E-state index contributed by atoms with van der Waals surface area (Å²) in [5.74, 6) is -0.769. The van der Waals surface area contributed by atoms with E-state index in [-0.39, 0.29) is 23.9 Å². The lowest BCUT2D eigenvalue weighted by atomic mass is 9.87. The predicted octanol–water partition coefficient (Wildman–Crippen LogP) is 5.13. The Kier molecular flexibility index (Phi) is 10.6. The SMILES string of the molecule is CC[C@H](C(=O)N[C@@H](C)CC)N(Cc1ccccc1Cl)C(=O)CN(c1ccc(C(C)(C)C)cc1)S(C)(=O)=O. The van der Waals surface area contributed by atoms with E-state index in [1.54, 1.807) is 30.3 Å². The van der Waals surface area contributed by atoms with Crippen LogP contribution in [-0.2, 0) is 31.6 Å². The summed E-state index contributed by atoms with van der Waals surface area (Å²) in [6.45, 7) is 11.5. The number of hydrogen-bond acceptors (Lipinski definition) is 4. The Bertz CT molecular complexity index is 1180. The van der Waals surface area contributed by atoms with Crippen molar-refractivity contribution in [1.29, 1.82) is 0 Å². The number of carbonyl (C=O) groups is 2. The molecule has 0 saturated carbocycles. The van der Waals surface area contributed by atoms with Crippen molar-refractivity contribution in [3.63, 3.8) is 0 Å². The largest absolute Gasteiger partial charge is 0.352 e. The van der Waals surface area contributed by atoms with Crippen molar-refractivity contribution in [3.05, 3.63) is 64.7 Å². The minimum absolute atomic E-state index is 0.0623. The molecule has 2 atom stereocenters. The lowest BCUT2D eigenvalue weighted by molar-refractivity contribution is -0.140. The minimum Gasteiger partial charge on any atom is -0.352 e. The van der Waals surface area contributed by atoms with E-state index >= 15 is 0 Å². The number of sulfonamides is 1. The van der Waals surface area contributed by atoms with Gasteiger partial charge in [0.05, 0.1) is 11.9 Å². The van der Waals surface area contributed by atoms with Crippen molar-refractivity contribution in [2.24, 2.45) is 0 Å². The Morgan fingerprint density at radius 1 is 1.00 bits per heavy atom. The quantitative estimate of drug-likeness (QED) is 0.421. The molecule has 0 unspecified atom stereocenters. The molecule has 0 heterocycles. The summed E-state index contributed by atoms with van der Waals surface area (Å²) < 4.78 is 26.7. The first-order valence-corrected chi connectivity index (χ1v) is 14.8. The smallest absolute Gasteiger partial charge is 0.244 e. The molecule has 0 aliphatic heterocycles. The Labute approximate surface area is 227 Å². The average molecular weight is 550 g/mol. The second-order valence-corrected chi connectivity index (χ2v) is 12.7. The topological polar surface area (TPSA) is 86.8 Å². The van der Waals surface area contributed by atoms with Crippen LogP contribution >= 0.6 is 11.6 Å². The van der Waals surface area contributed by atoms with Gasteiger partial charge in [0.1, 0.15) is 12.6 Å². The first-order chi connectivity index (χ1) is 17.2. The molecule has 0 spiro atoms. The van der Waals surface area contributed by atoms with Gasteiger partial charge in [-0.25, -0.2) is 8.42 Å². The number of hydrogen-bond donors (Lipinski definition) is 1. The molecule has 9 heteroatoms. The zero-order chi connectivity index (χ0) is 28.0. The summed E-state index contributed by atoms with van der Waals surface area (Å²) in [4.78, 5) is 28.4. The zero-order valence-electron chi connectivity index (χ0n) is 22.9. The van der Waals surface area contributed by atoms with Crippen molar-refractivity contribution in [2.45, 2.75) is 78.4 Å². The number of nitrogens with one attached hydrogen (secondary N) is 1. The van der Waals surface area contributed by atoms with Gasteiger partial charge in [0.15, 0.2) is 0 Å². The number of nitrogens with zero attached hydrogens (tertiary/aromatic N) is 2. The summed E-state index contributed by atoms with van der Waals surface area (Å²) >= 11 is 6.39. The highest BCUT2D eigenvalue weighted by atomic mass is 35.5. The van der Waals surface area contributed by atoms with Gasteiger partial charge >= 0.3 is 0 Å². The van der Waals surface area contributed by atoms with E-state index in [2.05, 4.69) is 26.1 Å². The van der Waals surface area contributed by atoms with Crippen LogP contribution in [0.3, 0.4) is 0 Å². The molecule has 0 aromatic heterocycles. The van der Waals surface area contributed by atoms with Crippen LogP contribution in [0.4, 0.5) is 5.69 Å². The summed E-state index contributed by atoms with van der Waals surface area (Å²) in [5, 5.41) is 3.42. The minimum atomic E-state index is -3.79. The molecule has 1 N–H and O–H groups in total. The molecule has 0 radical (unpaired) electrons. The van der Waals surface area contributed by atoms with E-state index in [4.69, 9.17) is 11.6 Å². The lowest BCUT2D eigenvalue weighted by Crippen LogP contribution is -2.53. The van der Waals surface area contributed by atoms with Crippen molar-refractivity contribution < 1.29 is 18.0 Å². The van der Waals surface area contributed by atoms with Crippen LogP contribution < -0.4 is 9.62 Å².